The van der Waals surface area contributed by atoms with Crippen LogP contribution in [-0.2, 0) is 0 Å². The third kappa shape index (κ3) is 9.19. The van der Waals surface area contributed by atoms with Crippen molar-refractivity contribution in [2.24, 2.45) is 21.7 Å². The maximum atomic E-state index is 5.72. The molecule has 0 saturated heterocycles. The van der Waals surface area contributed by atoms with E-state index in [9.17, 15) is 0 Å². The summed E-state index contributed by atoms with van der Waals surface area (Å²) in [6.45, 7) is 25.0. The Hall–Kier alpha value is -2.72. The van der Waals surface area contributed by atoms with Gasteiger partial charge in [-0.25, -0.2) is 0 Å². The molecule has 0 fully saturated rings. The molecule has 0 aliphatic carbocycles. The van der Waals surface area contributed by atoms with Crippen molar-refractivity contribution in [3.05, 3.63) is 33.8 Å². The van der Waals surface area contributed by atoms with Gasteiger partial charge in [0, 0.05) is 32.8 Å². The monoisotopic (exact) mass is 398 g/mol. The Kier molecular flexibility index (Phi) is 8.96. The van der Waals surface area contributed by atoms with Crippen LogP contribution in [0, 0.1) is 70.0 Å². The number of terminal acetylenes is 2. The first kappa shape index (κ1) is 27.3. The molecular formula is C30H38. The molecule has 0 atom stereocenters. The third-order valence-electron chi connectivity index (χ3n) is 4.23. The van der Waals surface area contributed by atoms with Crippen molar-refractivity contribution < 1.29 is 0 Å². The standard InChI is InChI=1S/C30H38/c1-15-23(27(3,4)5)21-25(29(9,10)11)19-17-18-20-26(30(12,13)14)22-24(16-2)28(6,7)8/h1-2H,3-14H3. The van der Waals surface area contributed by atoms with Crippen LogP contribution in [0.15, 0.2) is 33.8 Å². The quantitative estimate of drug-likeness (QED) is 0.295. The first-order chi connectivity index (χ1) is 13.3. The van der Waals surface area contributed by atoms with Crippen molar-refractivity contribution in [2.45, 2.75) is 83.1 Å². The summed E-state index contributed by atoms with van der Waals surface area (Å²) in [4.78, 5) is 0. The van der Waals surface area contributed by atoms with E-state index >= 15 is 0 Å². The predicted octanol–water partition coefficient (Wildman–Crippen LogP) is 7.35. The molecule has 0 heteroatoms. The molecule has 0 aliphatic rings. The SMILES string of the molecule is C#CC(=C=C(C#CC#CC(=C=C(C#C)C(C)(C)C)C(C)(C)C)C(C)(C)C)C(C)(C)C. The second-order valence-corrected chi connectivity index (χ2v) is 11.5. The van der Waals surface area contributed by atoms with Gasteiger partial charge in [-0.05, 0) is 23.7 Å². The highest BCUT2D eigenvalue weighted by atomic mass is 14.2. The second kappa shape index (κ2) is 9.86. The number of rotatable bonds is 0. The normalized spacial score (nSPS) is 11.1. The third-order valence-corrected chi connectivity index (χ3v) is 4.23. The van der Waals surface area contributed by atoms with Gasteiger partial charge in [-0.2, -0.15) is 0 Å². The Morgan fingerprint density at radius 3 is 0.833 bits per heavy atom. The topological polar surface area (TPSA) is 0 Å². The number of hydrogen-bond acceptors (Lipinski definition) is 0. The Bertz CT molecular complexity index is 902. The largest absolute Gasteiger partial charge is 0.114 e. The molecule has 0 saturated carbocycles. The summed E-state index contributed by atoms with van der Waals surface area (Å²) in [5.41, 5.74) is 9.32. The zero-order valence-corrected chi connectivity index (χ0v) is 21.2. The van der Waals surface area contributed by atoms with Gasteiger partial charge in [-0.15, -0.1) is 12.8 Å². The average Bonchev–Trinajstić information content (AvgIpc) is 2.51. The molecule has 0 amide bonds. The van der Waals surface area contributed by atoms with Gasteiger partial charge in [-0.3, -0.25) is 0 Å². The lowest BCUT2D eigenvalue weighted by Crippen LogP contribution is -2.11. The fourth-order valence-electron chi connectivity index (χ4n) is 2.13. The van der Waals surface area contributed by atoms with Crippen LogP contribution in [0.25, 0.3) is 0 Å². The van der Waals surface area contributed by atoms with Crippen LogP contribution in [0.1, 0.15) is 83.1 Å². The van der Waals surface area contributed by atoms with E-state index in [-0.39, 0.29) is 21.7 Å². The highest BCUT2D eigenvalue weighted by Gasteiger charge is 2.20. The highest BCUT2D eigenvalue weighted by Crippen LogP contribution is 2.29. The predicted molar refractivity (Wildman–Crippen MR) is 132 cm³/mol. The minimum absolute atomic E-state index is 0.163. The van der Waals surface area contributed by atoms with Gasteiger partial charge in [0.05, 0.1) is 11.1 Å². The molecule has 0 rings (SSSR count). The maximum absolute atomic E-state index is 5.72. The van der Waals surface area contributed by atoms with Crippen LogP contribution in [0.4, 0.5) is 0 Å². The fourth-order valence-corrected chi connectivity index (χ4v) is 2.13. The highest BCUT2D eigenvalue weighted by molar-refractivity contribution is 5.47. The van der Waals surface area contributed by atoms with Crippen LogP contribution in [0.5, 0.6) is 0 Å². The van der Waals surface area contributed by atoms with Gasteiger partial charge in [0.25, 0.3) is 0 Å². The van der Waals surface area contributed by atoms with E-state index in [1.54, 1.807) is 0 Å². The molecule has 0 aromatic heterocycles. The lowest BCUT2D eigenvalue weighted by Gasteiger charge is -2.20. The van der Waals surface area contributed by atoms with Gasteiger partial charge in [0.15, 0.2) is 0 Å². The molecule has 0 aromatic rings. The Balaban J connectivity index is 6.72. The molecule has 30 heavy (non-hydrogen) atoms. The van der Waals surface area contributed by atoms with Crippen LogP contribution in [0.2, 0.25) is 0 Å². The molecule has 0 nitrogen and oxygen atoms in total. The molecule has 0 heterocycles. The lowest BCUT2D eigenvalue weighted by atomic mass is 9.82. The van der Waals surface area contributed by atoms with Gasteiger partial charge in [0.1, 0.15) is 0 Å². The van der Waals surface area contributed by atoms with Gasteiger partial charge in [0.2, 0.25) is 0 Å². The number of allylic oxidation sites excluding steroid dienone is 2. The summed E-state index contributed by atoms with van der Waals surface area (Å²) in [5, 5.41) is 0. The molecular weight excluding hydrogens is 360 g/mol. The Morgan fingerprint density at radius 2 is 0.667 bits per heavy atom. The van der Waals surface area contributed by atoms with Crippen LogP contribution >= 0.6 is 0 Å². The molecule has 0 N–H and O–H groups in total. The minimum atomic E-state index is -0.187. The zero-order valence-electron chi connectivity index (χ0n) is 21.2. The van der Waals surface area contributed by atoms with Gasteiger partial charge in [-0.1, -0.05) is 106 Å². The van der Waals surface area contributed by atoms with Crippen molar-refractivity contribution in [3.8, 4) is 48.4 Å². The number of hydrogen-bond donors (Lipinski definition) is 0. The second-order valence-electron chi connectivity index (χ2n) is 11.5. The van der Waals surface area contributed by atoms with E-state index < -0.39 is 0 Å². The van der Waals surface area contributed by atoms with E-state index in [4.69, 9.17) is 12.8 Å². The Morgan fingerprint density at radius 1 is 0.433 bits per heavy atom. The first-order valence-electron chi connectivity index (χ1n) is 10.3. The molecule has 0 unspecified atom stereocenters. The summed E-state index contributed by atoms with van der Waals surface area (Å²) in [7, 11) is 0. The zero-order chi connectivity index (χ0) is 24.0. The average molecular weight is 399 g/mol. The minimum Gasteiger partial charge on any atom is -0.114 e. The molecule has 0 radical (unpaired) electrons. The van der Waals surface area contributed by atoms with Crippen LogP contribution in [-0.4, -0.2) is 0 Å². The van der Waals surface area contributed by atoms with E-state index in [1.165, 1.54) is 0 Å². The molecule has 0 spiro atoms. The van der Waals surface area contributed by atoms with E-state index in [2.05, 4.69) is 130 Å². The van der Waals surface area contributed by atoms with Crippen molar-refractivity contribution in [2.75, 3.05) is 0 Å². The van der Waals surface area contributed by atoms with Crippen LogP contribution < -0.4 is 0 Å². The molecule has 0 aliphatic heterocycles. The summed E-state index contributed by atoms with van der Waals surface area (Å²) < 4.78 is 0. The maximum Gasteiger partial charge on any atom is 0.0511 e. The van der Waals surface area contributed by atoms with Crippen molar-refractivity contribution in [1.82, 2.24) is 0 Å². The lowest BCUT2D eigenvalue weighted by molar-refractivity contribution is 0.508. The van der Waals surface area contributed by atoms with E-state index in [0.29, 0.717) is 0 Å². The van der Waals surface area contributed by atoms with Crippen molar-refractivity contribution >= 4 is 0 Å². The fraction of sp³-hybridized carbons (Fsp3) is 0.533. The first-order valence-corrected chi connectivity index (χ1v) is 10.3. The van der Waals surface area contributed by atoms with Crippen molar-refractivity contribution in [1.29, 1.82) is 0 Å². The van der Waals surface area contributed by atoms with E-state index in [0.717, 1.165) is 22.3 Å². The van der Waals surface area contributed by atoms with Gasteiger partial charge < -0.3 is 0 Å². The van der Waals surface area contributed by atoms with Crippen molar-refractivity contribution in [3.63, 3.8) is 0 Å². The van der Waals surface area contributed by atoms with Crippen LogP contribution in [0.3, 0.4) is 0 Å². The van der Waals surface area contributed by atoms with E-state index in [1.807, 2.05) is 0 Å². The van der Waals surface area contributed by atoms with Gasteiger partial charge >= 0.3 is 0 Å². The molecule has 158 valence electrons. The Labute approximate surface area is 187 Å². The summed E-state index contributed by atoms with van der Waals surface area (Å²) in [5.74, 6) is 17.9. The molecule has 0 aromatic carbocycles. The summed E-state index contributed by atoms with van der Waals surface area (Å²) in [6.07, 6.45) is 11.4. The molecule has 0 bridgehead atoms. The summed E-state index contributed by atoms with van der Waals surface area (Å²) in [6, 6.07) is 0. The summed E-state index contributed by atoms with van der Waals surface area (Å²) >= 11 is 0. The smallest absolute Gasteiger partial charge is 0.0511 e.